The normalized spacial score (nSPS) is 13.5. The number of aryl methyl sites for hydroxylation is 2. The second-order valence-electron chi connectivity index (χ2n) is 6.81. The Bertz CT molecular complexity index is 570. The molecular formula is C19H32N3O2+. The topological polar surface area (TPSA) is 62.6 Å². The zero-order chi connectivity index (χ0) is 18.3. The number of carbonyl (C=O) groups excluding carboxylic acids is 2. The Morgan fingerprint density at radius 2 is 1.58 bits per heavy atom. The lowest BCUT2D eigenvalue weighted by molar-refractivity contribution is -0.881. The first-order valence-electron chi connectivity index (χ1n) is 8.72. The first-order chi connectivity index (χ1) is 11.2. The van der Waals surface area contributed by atoms with Crippen molar-refractivity contribution < 1.29 is 14.5 Å². The van der Waals surface area contributed by atoms with Gasteiger partial charge in [-0.3, -0.25) is 9.59 Å². The molecule has 2 atom stereocenters. The molecule has 0 bridgehead atoms. The van der Waals surface area contributed by atoms with Crippen LogP contribution in [0.15, 0.2) is 18.2 Å². The van der Waals surface area contributed by atoms with Crippen LogP contribution in [-0.4, -0.2) is 37.5 Å². The van der Waals surface area contributed by atoms with Crippen molar-refractivity contribution in [2.45, 2.75) is 53.6 Å². The maximum atomic E-state index is 12.3. The number of likely N-dealkylation sites (N-methyl/N-ethyl adjacent to an activating group) is 1. The summed E-state index contributed by atoms with van der Waals surface area (Å²) in [4.78, 5) is 25.1. The largest absolute Gasteiger partial charge is 0.349 e. The standard InChI is InChI=1S/C19H31N3O2/c1-7-22(11-18(23)20-13(2)3)12-19(24)21-16(6)17-9-8-14(4)15(5)10-17/h8-10,13,16H,7,11-12H2,1-6H3,(H,20,23)(H,21,24)/p+1/t16-/m1/s1. The molecule has 0 spiro atoms. The van der Waals surface area contributed by atoms with Gasteiger partial charge in [-0.1, -0.05) is 18.2 Å². The van der Waals surface area contributed by atoms with E-state index >= 15 is 0 Å². The summed E-state index contributed by atoms with van der Waals surface area (Å²) in [5.74, 6) is -0.0493. The SMILES string of the molecule is CC[NH+](CC(=O)NC(C)C)CC(=O)N[C@H](C)c1ccc(C)c(C)c1. The van der Waals surface area contributed by atoms with E-state index in [1.54, 1.807) is 0 Å². The van der Waals surface area contributed by atoms with Crippen LogP contribution in [0.5, 0.6) is 0 Å². The minimum absolute atomic E-state index is 0.0168. The van der Waals surface area contributed by atoms with Crippen LogP contribution >= 0.6 is 0 Å². The van der Waals surface area contributed by atoms with Gasteiger partial charge in [-0.2, -0.15) is 0 Å². The number of benzene rings is 1. The number of hydrogen-bond acceptors (Lipinski definition) is 2. The molecule has 0 heterocycles. The first-order valence-corrected chi connectivity index (χ1v) is 8.72. The Labute approximate surface area is 145 Å². The molecule has 0 aliphatic heterocycles. The monoisotopic (exact) mass is 334 g/mol. The van der Waals surface area contributed by atoms with Crippen LogP contribution in [0.3, 0.4) is 0 Å². The molecule has 5 heteroatoms. The van der Waals surface area contributed by atoms with Crippen molar-refractivity contribution in [1.29, 1.82) is 0 Å². The molecule has 3 N–H and O–H groups in total. The Balaban J connectivity index is 2.56. The molecule has 0 radical (unpaired) electrons. The highest BCUT2D eigenvalue weighted by atomic mass is 16.2. The molecule has 0 aromatic heterocycles. The lowest BCUT2D eigenvalue weighted by Gasteiger charge is -2.20. The van der Waals surface area contributed by atoms with Gasteiger partial charge in [0.2, 0.25) is 0 Å². The van der Waals surface area contributed by atoms with Crippen molar-refractivity contribution in [3.8, 4) is 0 Å². The smallest absolute Gasteiger partial charge is 0.275 e. The molecule has 1 aromatic rings. The predicted molar refractivity (Wildman–Crippen MR) is 97.0 cm³/mol. The molecule has 5 nitrogen and oxygen atoms in total. The summed E-state index contributed by atoms with van der Waals surface area (Å²) in [5.41, 5.74) is 3.57. The number of carbonyl (C=O) groups is 2. The van der Waals surface area contributed by atoms with Gasteiger partial charge in [0, 0.05) is 6.04 Å². The van der Waals surface area contributed by atoms with E-state index in [1.165, 1.54) is 11.1 Å². The fourth-order valence-electron chi connectivity index (χ4n) is 2.55. The third-order valence-corrected chi connectivity index (χ3v) is 4.18. The molecule has 24 heavy (non-hydrogen) atoms. The van der Waals surface area contributed by atoms with E-state index in [0.717, 1.165) is 17.0 Å². The Morgan fingerprint density at radius 3 is 2.08 bits per heavy atom. The highest BCUT2D eigenvalue weighted by molar-refractivity contribution is 5.79. The van der Waals surface area contributed by atoms with E-state index in [0.29, 0.717) is 13.1 Å². The highest BCUT2D eigenvalue weighted by Gasteiger charge is 2.18. The van der Waals surface area contributed by atoms with E-state index in [-0.39, 0.29) is 23.9 Å². The molecule has 134 valence electrons. The van der Waals surface area contributed by atoms with Gasteiger partial charge in [0.15, 0.2) is 13.1 Å². The number of amides is 2. The molecular weight excluding hydrogens is 302 g/mol. The molecule has 1 aromatic carbocycles. The van der Waals surface area contributed by atoms with Gasteiger partial charge in [0.25, 0.3) is 11.8 Å². The lowest BCUT2D eigenvalue weighted by Crippen LogP contribution is -3.14. The summed E-state index contributed by atoms with van der Waals surface area (Å²) in [6.45, 7) is 13.3. The van der Waals surface area contributed by atoms with E-state index in [4.69, 9.17) is 0 Å². The molecule has 0 aliphatic carbocycles. The second kappa shape index (κ2) is 9.42. The minimum atomic E-state index is -0.0422. The van der Waals surface area contributed by atoms with Gasteiger partial charge in [-0.05, 0) is 58.2 Å². The Kier molecular flexibility index (Phi) is 7.92. The molecule has 0 fully saturated rings. The van der Waals surface area contributed by atoms with Crippen LogP contribution in [-0.2, 0) is 9.59 Å². The zero-order valence-electron chi connectivity index (χ0n) is 15.8. The summed E-state index contributed by atoms with van der Waals surface area (Å²) in [6, 6.07) is 6.32. The molecule has 1 rings (SSSR count). The van der Waals surface area contributed by atoms with Crippen LogP contribution in [0.1, 0.15) is 50.4 Å². The second-order valence-corrected chi connectivity index (χ2v) is 6.81. The van der Waals surface area contributed by atoms with Crippen molar-refractivity contribution in [3.63, 3.8) is 0 Å². The molecule has 0 saturated heterocycles. The third-order valence-electron chi connectivity index (χ3n) is 4.18. The summed E-state index contributed by atoms with van der Waals surface area (Å²) < 4.78 is 0. The van der Waals surface area contributed by atoms with Crippen molar-refractivity contribution in [3.05, 3.63) is 34.9 Å². The lowest BCUT2D eigenvalue weighted by atomic mass is 10.0. The van der Waals surface area contributed by atoms with E-state index < -0.39 is 0 Å². The van der Waals surface area contributed by atoms with E-state index in [1.807, 2.05) is 33.8 Å². The molecule has 0 aliphatic rings. The number of hydrogen-bond donors (Lipinski definition) is 3. The van der Waals surface area contributed by atoms with Crippen LogP contribution < -0.4 is 15.5 Å². The van der Waals surface area contributed by atoms with Crippen molar-refractivity contribution in [2.75, 3.05) is 19.6 Å². The number of rotatable bonds is 8. The van der Waals surface area contributed by atoms with Crippen molar-refractivity contribution >= 4 is 11.8 Å². The van der Waals surface area contributed by atoms with Gasteiger partial charge < -0.3 is 15.5 Å². The average Bonchev–Trinajstić information content (AvgIpc) is 2.48. The van der Waals surface area contributed by atoms with Gasteiger partial charge in [0.05, 0.1) is 12.6 Å². The molecule has 2 amide bonds. The van der Waals surface area contributed by atoms with Crippen LogP contribution in [0, 0.1) is 13.8 Å². The van der Waals surface area contributed by atoms with Crippen molar-refractivity contribution in [1.82, 2.24) is 10.6 Å². The first kappa shape index (κ1) is 20.2. The van der Waals surface area contributed by atoms with Gasteiger partial charge in [-0.25, -0.2) is 0 Å². The summed E-state index contributed by atoms with van der Waals surface area (Å²) in [6.07, 6.45) is 0. The number of quaternary nitrogens is 1. The molecule has 1 unspecified atom stereocenters. The van der Waals surface area contributed by atoms with Gasteiger partial charge >= 0.3 is 0 Å². The summed E-state index contributed by atoms with van der Waals surface area (Å²) >= 11 is 0. The highest BCUT2D eigenvalue weighted by Crippen LogP contribution is 2.16. The fourth-order valence-corrected chi connectivity index (χ4v) is 2.55. The third kappa shape index (κ3) is 6.71. The summed E-state index contributed by atoms with van der Waals surface area (Å²) in [7, 11) is 0. The van der Waals surface area contributed by atoms with Gasteiger partial charge in [0.1, 0.15) is 0 Å². The molecule has 0 saturated carbocycles. The fraction of sp³-hybridized carbons (Fsp3) is 0.579. The predicted octanol–water partition coefficient (Wildman–Crippen LogP) is 0.910. The average molecular weight is 334 g/mol. The quantitative estimate of drug-likeness (QED) is 0.662. The zero-order valence-corrected chi connectivity index (χ0v) is 15.8. The van der Waals surface area contributed by atoms with Crippen molar-refractivity contribution in [2.24, 2.45) is 0 Å². The van der Waals surface area contributed by atoms with Gasteiger partial charge in [-0.15, -0.1) is 0 Å². The van der Waals surface area contributed by atoms with E-state index in [9.17, 15) is 9.59 Å². The maximum absolute atomic E-state index is 12.3. The summed E-state index contributed by atoms with van der Waals surface area (Å²) in [5, 5.41) is 5.90. The number of nitrogens with one attached hydrogen (secondary N) is 3. The van der Waals surface area contributed by atoms with Crippen LogP contribution in [0.2, 0.25) is 0 Å². The Morgan fingerprint density at radius 1 is 1.00 bits per heavy atom. The maximum Gasteiger partial charge on any atom is 0.275 e. The Hall–Kier alpha value is -1.88. The van der Waals surface area contributed by atoms with Crippen LogP contribution in [0.4, 0.5) is 0 Å². The van der Waals surface area contributed by atoms with E-state index in [2.05, 4.69) is 36.6 Å². The minimum Gasteiger partial charge on any atom is -0.349 e. The van der Waals surface area contributed by atoms with Crippen LogP contribution in [0.25, 0.3) is 0 Å².